The second-order valence-electron chi connectivity index (χ2n) is 3.66. The van der Waals surface area contributed by atoms with E-state index in [2.05, 4.69) is 27.2 Å². The van der Waals surface area contributed by atoms with Gasteiger partial charge in [-0.25, -0.2) is 4.98 Å². The highest BCUT2D eigenvalue weighted by Crippen LogP contribution is 2.17. The topological polar surface area (TPSA) is 80.0 Å². The van der Waals surface area contributed by atoms with E-state index in [1.54, 1.807) is 24.1 Å². The first-order valence-electron chi connectivity index (χ1n) is 5.54. The summed E-state index contributed by atoms with van der Waals surface area (Å²) in [4.78, 5) is 16.6. The number of aryl methyl sites for hydroxylation is 1. The molecule has 98 valence electrons. The number of thiazole rings is 1. The van der Waals surface area contributed by atoms with E-state index >= 15 is 0 Å². The van der Waals surface area contributed by atoms with Crippen LogP contribution in [0.15, 0.2) is 18.6 Å². The van der Waals surface area contributed by atoms with Crippen LogP contribution in [0.25, 0.3) is 0 Å². The molecule has 2 aromatic heterocycles. The van der Waals surface area contributed by atoms with Crippen molar-refractivity contribution in [2.24, 2.45) is 7.05 Å². The zero-order valence-corrected chi connectivity index (χ0v) is 11.1. The molecular weight excluding hydrogens is 264 g/mol. The molecule has 0 unspecified atom stereocenters. The second kappa shape index (κ2) is 6.13. The number of nitrogens with zero attached hydrogens (tertiary/aromatic N) is 3. The number of hydrogen-bond donors (Lipinski definition) is 2. The number of anilines is 1. The van der Waals surface area contributed by atoms with Crippen LogP contribution in [0.5, 0.6) is 0 Å². The van der Waals surface area contributed by atoms with Gasteiger partial charge < -0.3 is 5.11 Å². The Labute approximate surface area is 114 Å². The molecule has 0 aromatic carbocycles. The molecule has 2 rings (SSSR count). The van der Waals surface area contributed by atoms with E-state index in [1.807, 2.05) is 0 Å². The lowest BCUT2D eigenvalue weighted by molar-refractivity contribution is 0.102. The Morgan fingerprint density at radius 2 is 2.42 bits per heavy atom. The molecule has 19 heavy (non-hydrogen) atoms. The highest BCUT2D eigenvalue weighted by Gasteiger charge is 2.10. The lowest BCUT2D eigenvalue weighted by Gasteiger charge is -1.96. The van der Waals surface area contributed by atoms with Gasteiger partial charge >= 0.3 is 0 Å². The lowest BCUT2D eigenvalue weighted by Crippen LogP contribution is -2.10. The molecule has 0 saturated heterocycles. The van der Waals surface area contributed by atoms with Crippen LogP contribution in [0.2, 0.25) is 0 Å². The molecule has 0 aliphatic carbocycles. The van der Waals surface area contributed by atoms with Crippen molar-refractivity contribution in [1.82, 2.24) is 14.8 Å². The minimum Gasteiger partial charge on any atom is -0.395 e. The average Bonchev–Trinajstić information content (AvgIpc) is 2.99. The van der Waals surface area contributed by atoms with E-state index in [0.717, 1.165) is 4.88 Å². The van der Waals surface area contributed by atoms with Crippen molar-refractivity contribution in [3.63, 3.8) is 0 Å². The minimum absolute atomic E-state index is 0.0381. The van der Waals surface area contributed by atoms with Crippen molar-refractivity contribution in [3.05, 3.63) is 29.0 Å². The number of hydrogen-bond acceptors (Lipinski definition) is 5. The van der Waals surface area contributed by atoms with E-state index < -0.39 is 0 Å². The number of aliphatic hydroxyl groups is 1. The fourth-order valence-corrected chi connectivity index (χ4v) is 1.99. The third kappa shape index (κ3) is 3.64. The highest BCUT2D eigenvalue weighted by atomic mass is 32.1. The lowest BCUT2D eigenvalue weighted by atomic mass is 10.3. The Morgan fingerprint density at radius 3 is 3.11 bits per heavy atom. The zero-order valence-electron chi connectivity index (χ0n) is 10.3. The van der Waals surface area contributed by atoms with Crippen LogP contribution < -0.4 is 5.32 Å². The molecule has 0 aliphatic heterocycles. The maximum absolute atomic E-state index is 11.8. The number of rotatable bonds is 3. The first-order valence-corrected chi connectivity index (χ1v) is 6.36. The summed E-state index contributed by atoms with van der Waals surface area (Å²) in [5.41, 5.74) is 0.477. The van der Waals surface area contributed by atoms with Gasteiger partial charge in [-0.2, -0.15) is 5.10 Å². The van der Waals surface area contributed by atoms with Crippen LogP contribution in [0.1, 0.15) is 21.7 Å². The molecule has 2 aromatic rings. The Kier molecular flexibility index (Phi) is 4.28. The number of aromatic nitrogens is 3. The van der Waals surface area contributed by atoms with Crippen LogP contribution >= 0.6 is 11.3 Å². The standard InChI is InChI=1S/C12H12N4O2S/c1-16-8-9(6-14-16)11(18)15-12-13-7-10(19-12)4-2-3-5-17/h6-8,17H,3,5H2,1H3,(H,13,15,18). The van der Waals surface area contributed by atoms with Gasteiger partial charge in [0.15, 0.2) is 5.13 Å². The number of aliphatic hydroxyl groups excluding tert-OH is 1. The summed E-state index contributed by atoms with van der Waals surface area (Å²) in [7, 11) is 1.75. The third-order valence-corrected chi connectivity index (χ3v) is 2.97. The number of carbonyl (C=O) groups excluding carboxylic acids is 1. The SMILES string of the molecule is Cn1cc(C(=O)Nc2ncc(C#CCCO)s2)cn1. The van der Waals surface area contributed by atoms with Gasteiger partial charge in [-0.15, -0.1) is 0 Å². The Bertz CT molecular complexity index is 635. The van der Waals surface area contributed by atoms with Gasteiger partial charge in [-0.3, -0.25) is 14.8 Å². The predicted octanol–water partition coefficient (Wildman–Crippen LogP) is 0.863. The van der Waals surface area contributed by atoms with Gasteiger partial charge in [0.05, 0.1) is 29.4 Å². The van der Waals surface area contributed by atoms with E-state index in [9.17, 15) is 4.79 Å². The molecule has 0 saturated carbocycles. The smallest absolute Gasteiger partial charge is 0.260 e. The quantitative estimate of drug-likeness (QED) is 0.815. The Morgan fingerprint density at radius 1 is 1.58 bits per heavy atom. The summed E-state index contributed by atoms with van der Waals surface area (Å²) in [6.45, 7) is 0.0381. The zero-order chi connectivity index (χ0) is 13.7. The molecular formula is C12H12N4O2S. The summed E-state index contributed by atoms with van der Waals surface area (Å²) in [6, 6.07) is 0. The van der Waals surface area contributed by atoms with Crippen molar-refractivity contribution in [2.45, 2.75) is 6.42 Å². The molecule has 0 radical (unpaired) electrons. The third-order valence-electron chi connectivity index (χ3n) is 2.14. The number of carbonyl (C=O) groups is 1. The fraction of sp³-hybridized carbons (Fsp3) is 0.250. The van der Waals surface area contributed by atoms with E-state index in [0.29, 0.717) is 17.1 Å². The number of amides is 1. The Balaban J connectivity index is 2.00. The maximum Gasteiger partial charge on any atom is 0.260 e. The fourth-order valence-electron chi connectivity index (χ4n) is 1.30. The van der Waals surface area contributed by atoms with Crippen molar-refractivity contribution in [1.29, 1.82) is 0 Å². The summed E-state index contributed by atoms with van der Waals surface area (Å²) >= 11 is 1.29. The van der Waals surface area contributed by atoms with Crippen molar-refractivity contribution in [2.75, 3.05) is 11.9 Å². The monoisotopic (exact) mass is 276 g/mol. The van der Waals surface area contributed by atoms with Gasteiger partial charge in [0, 0.05) is 19.7 Å². The van der Waals surface area contributed by atoms with E-state index in [4.69, 9.17) is 5.11 Å². The molecule has 0 fully saturated rings. The molecule has 1 amide bonds. The molecule has 0 atom stereocenters. The number of nitrogens with one attached hydrogen (secondary N) is 1. The molecule has 7 heteroatoms. The maximum atomic E-state index is 11.8. The molecule has 2 N–H and O–H groups in total. The Hall–Kier alpha value is -2.17. The van der Waals surface area contributed by atoms with Crippen molar-refractivity contribution >= 4 is 22.4 Å². The van der Waals surface area contributed by atoms with Crippen LogP contribution in [0.4, 0.5) is 5.13 Å². The summed E-state index contributed by atoms with van der Waals surface area (Å²) < 4.78 is 1.56. The largest absolute Gasteiger partial charge is 0.395 e. The molecule has 0 aliphatic rings. The molecule has 2 heterocycles. The van der Waals surface area contributed by atoms with Crippen LogP contribution in [0.3, 0.4) is 0 Å². The van der Waals surface area contributed by atoms with Gasteiger partial charge in [0.1, 0.15) is 0 Å². The molecule has 0 bridgehead atoms. The molecule has 0 spiro atoms. The van der Waals surface area contributed by atoms with E-state index in [-0.39, 0.29) is 12.5 Å². The normalized spacial score (nSPS) is 9.79. The van der Waals surface area contributed by atoms with Crippen LogP contribution in [0, 0.1) is 11.8 Å². The summed E-state index contributed by atoms with van der Waals surface area (Å²) in [5, 5.41) is 15.7. The van der Waals surface area contributed by atoms with Crippen molar-refractivity contribution < 1.29 is 9.90 Å². The van der Waals surface area contributed by atoms with Gasteiger partial charge in [0.25, 0.3) is 5.91 Å². The highest BCUT2D eigenvalue weighted by molar-refractivity contribution is 7.16. The van der Waals surface area contributed by atoms with Gasteiger partial charge in [-0.1, -0.05) is 23.2 Å². The minimum atomic E-state index is -0.252. The van der Waals surface area contributed by atoms with Crippen molar-refractivity contribution in [3.8, 4) is 11.8 Å². The van der Waals surface area contributed by atoms with Gasteiger partial charge in [-0.05, 0) is 0 Å². The van der Waals surface area contributed by atoms with E-state index in [1.165, 1.54) is 17.5 Å². The van der Waals surface area contributed by atoms with Crippen LogP contribution in [-0.2, 0) is 7.05 Å². The predicted molar refractivity (Wildman–Crippen MR) is 71.9 cm³/mol. The summed E-state index contributed by atoms with van der Waals surface area (Å²) in [6.07, 6.45) is 5.14. The first kappa shape index (κ1) is 13.3. The van der Waals surface area contributed by atoms with Gasteiger partial charge in [0.2, 0.25) is 0 Å². The molecule has 6 nitrogen and oxygen atoms in total. The second-order valence-corrected chi connectivity index (χ2v) is 4.69. The summed E-state index contributed by atoms with van der Waals surface area (Å²) in [5.74, 6) is 5.41. The average molecular weight is 276 g/mol. The first-order chi connectivity index (χ1) is 9.19. The van der Waals surface area contributed by atoms with Crippen LogP contribution in [-0.4, -0.2) is 32.4 Å².